The van der Waals surface area contributed by atoms with Crippen molar-refractivity contribution in [2.24, 2.45) is 0 Å². The quantitative estimate of drug-likeness (QED) is 0.0956. The highest BCUT2D eigenvalue weighted by atomic mass is 79.9. The van der Waals surface area contributed by atoms with Crippen molar-refractivity contribution >= 4 is 51.5 Å². The first-order chi connectivity index (χ1) is 18.5. The minimum absolute atomic E-state index is 0.0121. The number of halogens is 5. The lowest BCUT2D eigenvalue weighted by Crippen LogP contribution is -2.43. The zero-order chi connectivity index (χ0) is 29.6. The molecule has 1 unspecified atom stereocenters. The fraction of sp³-hybridized carbons (Fsp3) is 0.357. The number of nitrogens with one attached hydrogen (secondary N) is 1. The number of benzene rings is 2. The summed E-state index contributed by atoms with van der Waals surface area (Å²) in [5.41, 5.74) is 0.881. The van der Waals surface area contributed by atoms with Crippen LogP contribution in [0.4, 0.5) is 17.6 Å². The minimum Gasteiger partial charge on any atom is -0.598 e. The third-order valence-electron chi connectivity index (χ3n) is 6.40. The van der Waals surface area contributed by atoms with Crippen LogP contribution >= 0.6 is 15.9 Å². The number of hydrogen-bond acceptors (Lipinski definition) is 5. The topological polar surface area (TPSA) is 74.0 Å². The van der Waals surface area contributed by atoms with Crippen molar-refractivity contribution in [3.63, 3.8) is 0 Å². The van der Waals surface area contributed by atoms with Gasteiger partial charge in [-0.05, 0) is 71.7 Å². The highest BCUT2D eigenvalue weighted by Gasteiger charge is 2.34. The summed E-state index contributed by atoms with van der Waals surface area (Å²) in [4.78, 5) is 4.44. The van der Waals surface area contributed by atoms with Crippen molar-refractivity contribution < 1.29 is 26.6 Å². The summed E-state index contributed by atoms with van der Waals surface area (Å²) in [5.74, 6) is -0.389. The van der Waals surface area contributed by atoms with Crippen LogP contribution in [0.2, 0.25) is 19.6 Å². The maximum Gasteiger partial charge on any atom is 0.416 e. The van der Waals surface area contributed by atoms with E-state index in [1.165, 1.54) is 6.07 Å². The van der Waals surface area contributed by atoms with Crippen LogP contribution in [0, 0.1) is 5.82 Å². The number of rotatable bonds is 7. The second kappa shape index (κ2) is 11.2. The van der Waals surface area contributed by atoms with Gasteiger partial charge in [0.25, 0.3) is 0 Å². The Morgan fingerprint density at radius 3 is 2.38 bits per heavy atom. The molecule has 2 heterocycles. The van der Waals surface area contributed by atoms with Gasteiger partial charge in [0.2, 0.25) is 0 Å². The van der Waals surface area contributed by atoms with E-state index in [1.54, 1.807) is 30.3 Å². The van der Waals surface area contributed by atoms with Gasteiger partial charge in [0, 0.05) is 28.7 Å². The van der Waals surface area contributed by atoms with Gasteiger partial charge in [-0.15, -0.1) is 4.72 Å². The molecule has 40 heavy (non-hydrogen) atoms. The normalized spacial score (nSPS) is 14.5. The number of fused-ring (bicyclic) bond motifs is 1. The first kappa shape index (κ1) is 30.7. The molecule has 0 spiro atoms. The Balaban J connectivity index is 1.86. The molecule has 2 atom stereocenters. The van der Waals surface area contributed by atoms with Gasteiger partial charge < -0.3 is 9.08 Å². The van der Waals surface area contributed by atoms with Crippen molar-refractivity contribution in [2.75, 3.05) is 0 Å². The maximum absolute atomic E-state index is 15.8. The number of pyridine rings is 1. The highest BCUT2D eigenvalue weighted by Crippen LogP contribution is 2.38. The first-order valence-corrected chi connectivity index (χ1v) is 18.0. The predicted octanol–water partition coefficient (Wildman–Crippen LogP) is 7.69. The van der Waals surface area contributed by atoms with Crippen molar-refractivity contribution in [1.29, 1.82) is 0 Å². The zero-order valence-corrected chi connectivity index (χ0v) is 26.3. The number of nitrogens with zero attached hydrogens (tertiary/aromatic N) is 2. The molecule has 0 saturated heterocycles. The lowest BCUT2D eigenvalue weighted by molar-refractivity contribution is -0.137. The standard InChI is InChI=1S/C28H30BrF4N3O2SSi/c1-27(2,3)39(37)36-20(14-21-25(30)23(40(4,5)6)15-24(29)34-21)17-9-7-8-10-18(17)26-19-12-11-16(28(31,32)33)13-22(19)38-35-26/h7-13,15,20,36H,14H2,1-6H3/t20?,39-/m0/s1. The Morgan fingerprint density at radius 1 is 1.07 bits per heavy atom. The van der Waals surface area contributed by atoms with Gasteiger partial charge in [-0.3, -0.25) is 0 Å². The van der Waals surface area contributed by atoms with E-state index in [-0.39, 0.29) is 23.5 Å². The Bertz CT molecular complexity index is 1530. The van der Waals surface area contributed by atoms with E-state index in [0.717, 1.165) is 12.1 Å². The van der Waals surface area contributed by atoms with Gasteiger partial charge in [-0.2, -0.15) is 13.2 Å². The lowest BCUT2D eigenvalue weighted by Gasteiger charge is -2.29. The van der Waals surface area contributed by atoms with Crippen LogP contribution < -0.4 is 9.91 Å². The van der Waals surface area contributed by atoms with Crippen LogP contribution in [-0.2, 0) is 24.0 Å². The zero-order valence-electron chi connectivity index (χ0n) is 22.9. The maximum atomic E-state index is 15.8. The molecule has 0 bridgehead atoms. The van der Waals surface area contributed by atoms with Gasteiger partial charge in [0.15, 0.2) is 5.58 Å². The molecule has 0 radical (unpaired) electrons. The van der Waals surface area contributed by atoms with E-state index in [0.29, 0.717) is 32.0 Å². The average molecular weight is 657 g/mol. The van der Waals surface area contributed by atoms with E-state index >= 15 is 4.39 Å². The Labute approximate surface area is 243 Å². The van der Waals surface area contributed by atoms with Crippen molar-refractivity contribution in [3.05, 3.63) is 75.8 Å². The second-order valence-corrected chi connectivity index (χ2v) is 19.4. The van der Waals surface area contributed by atoms with Gasteiger partial charge in [0.05, 0.1) is 25.4 Å². The molecule has 5 nitrogen and oxygen atoms in total. The Morgan fingerprint density at radius 2 is 1.75 bits per heavy atom. The summed E-state index contributed by atoms with van der Waals surface area (Å²) in [7, 11) is -2.06. The molecule has 2 aromatic carbocycles. The van der Waals surface area contributed by atoms with Crippen molar-refractivity contribution in [3.8, 4) is 11.3 Å². The molecule has 214 valence electrons. The largest absolute Gasteiger partial charge is 0.598 e. The molecule has 0 saturated carbocycles. The summed E-state index contributed by atoms with van der Waals surface area (Å²) in [6, 6.07) is 11.4. The van der Waals surface area contributed by atoms with Crippen LogP contribution in [-0.4, -0.2) is 27.5 Å². The molecule has 4 rings (SSSR count). The fourth-order valence-electron chi connectivity index (χ4n) is 4.27. The van der Waals surface area contributed by atoms with Crippen LogP contribution in [0.3, 0.4) is 0 Å². The fourth-order valence-corrected chi connectivity index (χ4v) is 7.12. The molecule has 2 aromatic heterocycles. The van der Waals surface area contributed by atoms with Gasteiger partial charge in [-0.25, -0.2) is 9.37 Å². The SMILES string of the molecule is CC(C)(C)[S@+]([O-])NC(Cc1nc(Br)cc([Si](C)(C)C)c1F)c1ccccc1-c1noc2cc(C(F)(F)F)ccc12. The van der Waals surface area contributed by atoms with Crippen LogP contribution in [0.5, 0.6) is 0 Å². The summed E-state index contributed by atoms with van der Waals surface area (Å²) in [6.45, 7) is 11.6. The Kier molecular flexibility index (Phi) is 8.60. The van der Waals surface area contributed by atoms with Crippen molar-refractivity contribution in [2.45, 2.75) is 63.8 Å². The smallest absolute Gasteiger partial charge is 0.416 e. The second-order valence-electron chi connectivity index (χ2n) is 11.6. The predicted molar refractivity (Wildman–Crippen MR) is 157 cm³/mol. The molecular formula is C28H30BrF4N3O2SSi. The van der Waals surface area contributed by atoms with E-state index in [9.17, 15) is 17.7 Å². The highest BCUT2D eigenvalue weighted by molar-refractivity contribution is 9.10. The first-order valence-electron chi connectivity index (χ1n) is 12.6. The summed E-state index contributed by atoms with van der Waals surface area (Å²) < 4.78 is 77.3. The molecular weight excluding hydrogens is 626 g/mol. The summed E-state index contributed by atoms with van der Waals surface area (Å²) in [5, 5.41) is 5.12. The number of aromatic nitrogens is 2. The number of alkyl halides is 3. The minimum atomic E-state index is -4.53. The van der Waals surface area contributed by atoms with E-state index in [4.69, 9.17) is 4.52 Å². The lowest BCUT2D eigenvalue weighted by atomic mass is 9.94. The molecule has 0 aliphatic carbocycles. The van der Waals surface area contributed by atoms with Gasteiger partial charge in [0.1, 0.15) is 20.9 Å². The average Bonchev–Trinajstić information content (AvgIpc) is 3.27. The van der Waals surface area contributed by atoms with Crippen LogP contribution in [0.15, 0.2) is 57.7 Å². The summed E-state index contributed by atoms with van der Waals surface area (Å²) >= 11 is 1.88. The van der Waals surface area contributed by atoms with E-state index < -0.39 is 42.0 Å². The summed E-state index contributed by atoms with van der Waals surface area (Å²) in [6.07, 6.45) is -4.46. The van der Waals surface area contributed by atoms with E-state index in [2.05, 4.69) is 30.8 Å². The molecule has 0 aliphatic heterocycles. The molecule has 4 aromatic rings. The molecule has 0 fully saturated rings. The van der Waals surface area contributed by atoms with Crippen LogP contribution in [0.25, 0.3) is 22.2 Å². The third kappa shape index (κ3) is 6.62. The van der Waals surface area contributed by atoms with Gasteiger partial charge >= 0.3 is 6.18 Å². The van der Waals surface area contributed by atoms with E-state index in [1.807, 2.05) is 40.4 Å². The third-order valence-corrected chi connectivity index (χ3v) is 10.4. The monoisotopic (exact) mass is 655 g/mol. The molecule has 0 amide bonds. The van der Waals surface area contributed by atoms with Crippen molar-refractivity contribution in [1.82, 2.24) is 14.9 Å². The molecule has 1 N–H and O–H groups in total. The molecule has 0 aliphatic rings. The number of hydrogen-bond donors (Lipinski definition) is 1. The Hall–Kier alpha value is -2.25. The molecule has 12 heteroatoms. The van der Waals surface area contributed by atoms with Gasteiger partial charge in [-0.1, -0.05) is 49.1 Å². The van der Waals surface area contributed by atoms with Crippen LogP contribution in [0.1, 0.15) is 43.6 Å².